The lowest BCUT2D eigenvalue weighted by atomic mass is 10.1. The fourth-order valence-corrected chi connectivity index (χ4v) is 3.57. The number of aromatic nitrogens is 1. The lowest BCUT2D eigenvalue weighted by Gasteiger charge is -2.35. The van der Waals surface area contributed by atoms with Gasteiger partial charge in [0.05, 0.1) is 17.6 Å². The van der Waals surface area contributed by atoms with Gasteiger partial charge in [0, 0.05) is 45.0 Å². The number of benzene rings is 1. The molecule has 0 atom stereocenters. The molecule has 10 heteroatoms. The average molecular weight is 428 g/mol. The van der Waals surface area contributed by atoms with Crippen LogP contribution in [0.15, 0.2) is 41.3 Å². The maximum atomic E-state index is 12.7. The first-order chi connectivity index (χ1) is 14.8. The van der Waals surface area contributed by atoms with Crippen molar-refractivity contribution in [3.63, 3.8) is 0 Å². The molecule has 0 unspecified atom stereocenters. The first-order valence-electron chi connectivity index (χ1n) is 9.81. The highest BCUT2D eigenvalue weighted by Crippen LogP contribution is 2.12. The number of aryl methyl sites for hydroxylation is 1. The lowest BCUT2D eigenvalue weighted by molar-refractivity contribution is -0.386. The Kier molecular flexibility index (Phi) is 6.81. The smallest absolute Gasteiger partial charge is 0.339 e. The topological polar surface area (TPSA) is 115 Å². The van der Waals surface area contributed by atoms with E-state index >= 15 is 0 Å². The largest absolute Gasteiger partial charge is 0.465 e. The number of hydrogen-bond acceptors (Lipinski definition) is 7. The molecule has 31 heavy (non-hydrogen) atoms. The van der Waals surface area contributed by atoms with Crippen molar-refractivity contribution in [2.45, 2.75) is 20.0 Å². The Morgan fingerprint density at radius 3 is 2.48 bits per heavy atom. The monoisotopic (exact) mass is 428 g/mol. The van der Waals surface area contributed by atoms with Crippen molar-refractivity contribution in [2.75, 3.05) is 33.3 Å². The van der Waals surface area contributed by atoms with E-state index in [0.717, 1.165) is 30.5 Å². The zero-order valence-electron chi connectivity index (χ0n) is 17.4. The summed E-state index contributed by atoms with van der Waals surface area (Å²) in [6, 6.07) is 9.12. The number of carbonyl (C=O) groups excluding carboxylic acids is 2. The fourth-order valence-electron chi connectivity index (χ4n) is 3.57. The van der Waals surface area contributed by atoms with E-state index in [4.69, 9.17) is 0 Å². The van der Waals surface area contributed by atoms with Crippen molar-refractivity contribution in [3.8, 4) is 0 Å². The minimum atomic E-state index is -0.941. The molecule has 2 aromatic rings. The number of pyridine rings is 1. The molecule has 0 spiro atoms. The summed E-state index contributed by atoms with van der Waals surface area (Å²) < 4.78 is 5.47. The Hall–Kier alpha value is -3.53. The Balaban J connectivity index is 1.67. The van der Waals surface area contributed by atoms with Crippen LogP contribution in [-0.2, 0) is 22.6 Å². The van der Waals surface area contributed by atoms with Crippen LogP contribution < -0.4 is 5.56 Å². The third-order valence-corrected chi connectivity index (χ3v) is 5.20. The van der Waals surface area contributed by atoms with Crippen LogP contribution in [-0.4, -0.2) is 64.5 Å². The Bertz CT molecular complexity index is 1060. The molecule has 1 saturated heterocycles. The molecule has 0 radical (unpaired) electrons. The van der Waals surface area contributed by atoms with Gasteiger partial charge in [-0.15, -0.1) is 0 Å². The molecule has 0 N–H and O–H groups in total. The molecule has 2 heterocycles. The highest BCUT2D eigenvalue weighted by molar-refractivity contribution is 5.89. The van der Waals surface area contributed by atoms with E-state index in [-0.39, 0.29) is 18.0 Å². The third-order valence-electron chi connectivity index (χ3n) is 5.20. The zero-order chi connectivity index (χ0) is 22.5. The number of rotatable bonds is 6. The van der Waals surface area contributed by atoms with Crippen molar-refractivity contribution in [2.24, 2.45) is 0 Å². The molecular formula is C21H24N4O6. The molecule has 3 rings (SSSR count). The van der Waals surface area contributed by atoms with Gasteiger partial charge in [0.25, 0.3) is 0 Å². The lowest BCUT2D eigenvalue weighted by Crippen LogP contribution is -2.49. The van der Waals surface area contributed by atoms with E-state index in [2.05, 4.69) is 21.8 Å². The van der Waals surface area contributed by atoms with Crippen molar-refractivity contribution in [1.29, 1.82) is 0 Å². The second kappa shape index (κ2) is 9.52. The number of esters is 1. The highest BCUT2D eigenvalue weighted by Gasteiger charge is 2.25. The fraction of sp³-hybridized carbons (Fsp3) is 0.381. The number of piperazine rings is 1. The summed E-state index contributed by atoms with van der Waals surface area (Å²) in [4.78, 5) is 51.0. The third kappa shape index (κ3) is 5.34. The molecular weight excluding hydrogens is 404 g/mol. The minimum Gasteiger partial charge on any atom is -0.465 e. The Morgan fingerprint density at radius 2 is 1.87 bits per heavy atom. The number of ether oxygens (including phenoxy) is 1. The highest BCUT2D eigenvalue weighted by atomic mass is 16.6. The summed E-state index contributed by atoms with van der Waals surface area (Å²) in [6.07, 6.45) is 1.12. The number of carbonyl (C=O) groups is 2. The molecule has 1 amide bonds. The van der Waals surface area contributed by atoms with E-state index in [1.54, 1.807) is 4.90 Å². The molecule has 0 aliphatic carbocycles. The van der Waals surface area contributed by atoms with Gasteiger partial charge in [0.15, 0.2) is 0 Å². The molecule has 0 bridgehead atoms. The van der Waals surface area contributed by atoms with Gasteiger partial charge < -0.3 is 9.64 Å². The van der Waals surface area contributed by atoms with Gasteiger partial charge in [-0.25, -0.2) is 4.79 Å². The van der Waals surface area contributed by atoms with E-state index in [1.807, 2.05) is 19.1 Å². The molecule has 1 aliphatic heterocycles. The van der Waals surface area contributed by atoms with E-state index in [1.165, 1.54) is 11.1 Å². The second-order valence-electron chi connectivity index (χ2n) is 7.44. The SMILES string of the molecule is COC(=O)c1cc([N+](=O)[O-])c(=O)n(CC(=O)N2CCN(Cc3cccc(C)c3)CC2)c1. The quantitative estimate of drug-likeness (QED) is 0.386. The predicted octanol–water partition coefficient (Wildman–Crippen LogP) is 1.20. The van der Waals surface area contributed by atoms with Crippen molar-refractivity contribution in [1.82, 2.24) is 14.4 Å². The van der Waals surface area contributed by atoms with Gasteiger partial charge in [-0.2, -0.15) is 0 Å². The first-order valence-corrected chi connectivity index (χ1v) is 9.81. The molecule has 10 nitrogen and oxygen atoms in total. The van der Waals surface area contributed by atoms with Crippen LogP contribution in [0.25, 0.3) is 0 Å². The summed E-state index contributed by atoms with van der Waals surface area (Å²) in [6.45, 7) is 4.77. The van der Waals surface area contributed by atoms with Crippen LogP contribution in [0.5, 0.6) is 0 Å². The van der Waals surface area contributed by atoms with Crippen molar-refractivity contribution in [3.05, 3.63) is 73.7 Å². The van der Waals surface area contributed by atoms with Crippen LogP contribution in [0.1, 0.15) is 21.5 Å². The van der Waals surface area contributed by atoms with Gasteiger partial charge in [0.2, 0.25) is 5.91 Å². The van der Waals surface area contributed by atoms with Crippen LogP contribution in [0.4, 0.5) is 5.69 Å². The van der Waals surface area contributed by atoms with Gasteiger partial charge in [0.1, 0.15) is 6.54 Å². The van der Waals surface area contributed by atoms with Crippen LogP contribution >= 0.6 is 0 Å². The van der Waals surface area contributed by atoms with Gasteiger partial charge >= 0.3 is 17.2 Å². The van der Waals surface area contributed by atoms with E-state index < -0.39 is 22.1 Å². The van der Waals surface area contributed by atoms with Gasteiger partial charge in [-0.1, -0.05) is 29.8 Å². The van der Waals surface area contributed by atoms with Crippen LogP contribution in [0.3, 0.4) is 0 Å². The normalized spacial score (nSPS) is 14.3. The molecule has 1 fully saturated rings. The van der Waals surface area contributed by atoms with Gasteiger partial charge in [-0.05, 0) is 12.5 Å². The summed E-state index contributed by atoms with van der Waals surface area (Å²) in [7, 11) is 1.13. The number of amides is 1. The van der Waals surface area contributed by atoms with E-state index in [9.17, 15) is 24.5 Å². The maximum Gasteiger partial charge on any atom is 0.339 e. The number of methoxy groups -OCH3 is 1. The summed E-state index contributed by atoms with van der Waals surface area (Å²) in [5.74, 6) is -1.16. The molecule has 164 valence electrons. The summed E-state index contributed by atoms with van der Waals surface area (Å²) in [5, 5.41) is 11.2. The predicted molar refractivity (Wildman–Crippen MR) is 112 cm³/mol. The zero-order valence-corrected chi connectivity index (χ0v) is 17.4. The number of nitrogens with zero attached hydrogens (tertiary/aromatic N) is 4. The second-order valence-corrected chi connectivity index (χ2v) is 7.44. The van der Waals surface area contributed by atoms with Crippen molar-refractivity contribution < 1.29 is 19.2 Å². The van der Waals surface area contributed by atoms with E-state index in [0.29, 0.717) is 26.2 Å². The average Bonchev–Trinajstić information content (AvgIpc) is 2.74. The number of nitro groups is 1. The molecule has 1 aromatic heterocycles. The standard InChI is InChI=1S/C21H24N4O6/c1-15-4-3-5-16(10-15)12-22-6-8-23(9-7-22)19(26)14-24-13-17(21(28)31-2)11-18(20(24)27)25(29)30/h3-5,10-11,13H,6-9,12,14H2,1-2H3. The Morgan fingerprint density at radius 1 is 1.16 bits per heavy atom. The molecule has 0 saturated carbocycles. The Labute approximate surface area is 178 Å². The summed E-state index contributed by atoms with van der Waals surface area (Å²) in [5.41, 5.74) is 0.519. The molecule has 1 aliphatic rings. The van der Waals surface area contributed by atoms with Crippen LogP contribution in [0.2, 0.25) is 0 Å². The minimum absolute atomic E-state index is 0.162. The maximum absolute atomic E-state index is 12.7. The van der Waals surface area contributed by atoms with Gasteiger partial charge in [-0.3, -0.25) is 29.2 Å². The van der Waals surface area contributed by atoms with Crippen LogP contribution in [0, 0.1) is 17.0 Å². The first kappa shape index (κ1) is 22.2. The number of hydrogen-bond donors (Lipinski definition) is 0. The molecule has 1 aromatic carbocycles. The summed E-state index contributed by atoms with van der Waals surface area (Å²) >= 11 is 0. The van der Waals surface area contributed by atoms with Crippen molar-refractivity contribution >= 4 is 17.6 Å².